The normalized spacial score (nSPS) is 23.6. The summed E-state index contributed by atoms with van der Waals surface area (Å²) in [6.45, 7) is 0.263. The summed E-state index contributed by atoms with van der Waals surface area (Å²) >= 11 is 0. The molecular weight excluding hydrogens is 372 g/mol. The molecular formula is C22H22N2O5. The van der Waals surface area contributed by atoms with Crippen molar-refractivity contribution in [3.8, 4) is 5.75 Å². The number of piperazine rings is 1. The van der Waals surface area contributed by atoms with Crippen molar-refractivity contribution in [3.05, 3.63) is 65.7 Å². The number of hydrogen-bond acceptors (Lipinski definition) is 5. The SMILES string of the molecule is COC(=O)[C@H]1C[C@H]2CN(C(=O)c3cccc(O)c3)CC(=O)N2[C@H]1c1ccccc1. The molecule has 2 aromatic carbocycles. The van der Waals surface area contributed by atoms with Crippen molar-refractivity contribution in [2.24, 2.45) is 5.92 Å². The molecule has 2 saturated heterocycles. The molecule has 29 heavy (non-hydrogen) atoms. The second-order valence-electron chi connectivity index (χ2n) is 7.41. The number of rotatable bonds is 3. The molecule has 2 aromatic rings. The molecule has 0 spiro atoms. The van der Waals surface area contributed by atoms with Crippen LogP contribution >= 0.6 is 0 Å². The number of hydrogen-bond donors (Lipinski definition) is 1. The molecule has 2 aliphatic heterocycles. The van der Waals surface area contributed by atoms with Crippen LogP contribution in [0.3, 0.4) is 0 Å². The van der Waals surface area contributed by atoms with Crippen LogP contribution in [-0.2, 0) is 14.3 Å². The lowest BCUT2D eigenvalue weighted by atomic mass is 9.93. The first-order valence-corrected chi connectivity index (χ1v) is 9.52. The topological polar surface area (TPSA) is 87.1 Å². The van der Waals surface area contributed by atoms with Gasteiger partial charge in [0.2, 0.25) is 5.91 Å². The summed E-state index contributed by atoms with van der Waals surface area (Å²) in [4.78, 5) is 41.6. The monoisotopic (exact) mass is 394 g/mol. The van der Waals surface area contributed by atoms with E-state index < -0.39 is 12.0 Å². The highest BCUT2D eigenvalue weighted by Crippen LogP contribution is 2.43. The van der Waals surface area contributed by atoms with Gasteiger partial charge >= 0.3 is 5.97 Å². The van der Waals surface area contributed by atoms with E-state index in [-0.39, 0.29) is 36.1 Å². The third kappa shape index (κ3) is 3.44. The van der Waals surface area contributed by atoms with Gasteiger partial charge in [-0.3, -0.25) is 14.4 Å². The number of aromatic hydroxyl groups is 1. The van der Waals surface area contributed by atoms with Gasteiger partial charge in [-0.05, 0) is 30.2 Å². The Kier molecular flexibility index (Phi) is 4.96. The van der Waals surface area contributed by atoms with Crippen molar-refractivity contribution >= 4 is 17.8 Å². The van der Waals surface area contributed by atoms with Gasteiger partial charge in [0.15, 0.2) is 0 Å². The Morgan fingerprint density at radius 1 is 1.10 bits per heavy atom. The Labute approximate surface area is 168 Å². The lowest BCUT2D eigenvalue weighted by Crippen LogP contribution is -2.55. The molecule has 2 amide bonds. The highest BCUT2D eigenvalue weighted by molar-refractivity contribution is 5.97. The fourth-order valence-electron chi connectivity index (χ4n) is 4.44. The van der Waals surface area contributed by atoms with Crippen LogP contribution in [0.4, 0.5) is 0 Å². The van der Waals surface area contributed by atoms with Gasteiger partial charge in [0, 0.05) is 12.1 Å². The van der Waals surface area contributed by atoms with Gasteiger partial charge in [0.25, 0.3) is 5.91 Å². The van der Waals surface area contributed by atoms with Crippen LogP contribution in [0, 0.1) is 5.92 Å². The van der Waals surface area contributed by atoms with E-state index in [0.29, 0.717) is 18.5 Å². The molecule has 7 heteroatoms. The van der Waals surface area contributed by atoms with Crippen LogP contribution in [0.2, 0.25) is 0 Å². The van der Waals surface area contributed by atoms with Crippen LogP contribution in [0.15, 0.2) is 54.6 Å². The fraction of sp³-hybridized carbons (Fsp3) is 0.318. The second-order valence-corrected chi connectivity index (χ2v) is 7.41. The van der Waals surface area contributed by atoms with Crippen LogP contribution < -0.4 is 0 Å². The van der Waals surface area contributed by atoms with Gasteiger partial charge in [-0.25, -0.2) is 0 Å². The number of amides is 2. The summed E-state index contributed by atoms with van der Waals surface area (Å²) in [5.41, 5.74) is 1.21. The quantitative estimate of drug-likeness (QED) is 0.805. The largest absolute Gasteiger partial charge is 0.508 e. The Balaban J connectivity index is 1.62. The zero-order valence-corrected chi connectivity index (χ0v) is 16.0. The molecule has 4 rings (SSSR count). The maximum Gasteiger partial charge on any atom is 0.311 e. The first-order chi connectivity index (χ1) is 14.0. The van der Waals surface area contributed by atoms with Gasteiger partial charge in [-0.1, -0.05) is 36.4 Å². The summed E-state index contributed by atoms with van der Waals surface area (Å²) in [6.07, 6.45) is 0.432. The van der Waals surface area contributed by atoms with E-state index in [9.17, 15) is 19.5 Å². The summed E-state index contributed by atoms with van der Waals surface area (Å²) < 4.78 is 5.00. The minimum atomic E-state index is -0.479. The lowest BCUT2D eigenvalue weighted by Gasteiger charge is -2.40. The Morgan fingerprint density at radius 3 is 2.55 bits per heavy atom. The first kappa shape index (κ1) is 19.0. The Bertz CT molecular complexity index is 945. The molecule has 0 aromatic heterocycles. The maximum atomic E-state index is 13.1. The van der Waals surface area contributed by atoms with E-state index in [4.69, 9.17) is 4.74 Å². The summed E-state index contributed by atoms with van der Waals surface area (Å²) in [5.74, 6) is -1.35. The number of nitrogens with zero attached hydrogens (tertiary/aromatic N) is 2. The smallest absolute Gasteiger partial charge is 0.311 e. The van der Waals surface area contributed by atoms with E-state index in [1.54, 1.807) is 17.0 Å². The third-order valence-electron chi connectivity index (χ3n) is 5.67. The van der Waals surface area contributed by atoms with Crippen molar-refractivity contribution in [3.63, 3.8) is 0 Å². The molecule has 3 atom stereocenters. The van der Waals surface area contributed by atoms with Crippen molar-refractivity contribution in [1.29, 1.82) is 0 Å². The average molecular weight is 394 g/mol. The predicted octanol–water partition coefficient (Wildman–Crippen LogP) is 1.98. The van der Waals surface area contributed by atoms with Crippen molar-refractivity contribution in [1.82, 2.24) is 9.80 Å². The molecule has 0 aliphatic carbocycles. The van der Waals surface area contributed by atoms with Crippen molar-refractivity contribution < 1.29 is 24.2 Å². The number of benzene rings is 2. The highest BCUT2D eigenvalue weighted by Gasteiger charge is 2.51. The molecule has 2 heterocycles. The lowest BCUT2D eigenvalue weighted by molar-refractivity contribution is -0.147. The molecule has 150 valence electrons. The number of esters is 1. The fourth-order valence-corrected chi connectivity index (χ4v) is 4.44. The first-order valence-electron chi connectivity index (χ1n) is 9.52. The molecule has 1 N–H and O–H groups in total. The molecule has 7 nitrogen and oxygen atoms in total. The number of ether oxygens (including phenoxy) is 1. The van der Waals surface area contributed by atoms with Crippen molar-refractivity contribution in [2.45, 2.75) is 18.5 Å². The summed E-state index contributed by atoms with van der Waals surface area (Å²) in [7, 11) is 1.35. The molecule has 0 radical (unpaired) electrons. The number of methoxy groups -OCH3 is 1. The molecule has 0 bridgehead atoms. The van der Waals surface area contributed by atoms with E-state index >= 15 is 0 Å². The number of fused-ring (bicyclic) bond motifs is 1. The third-order valence-corrected chi connectivity index (χ3v) is 5.67. The molecule has 2 aliphatic rings. The maximum absolute atomic E-state index is 13.1. The number of carbonyl (C=O) groups excluding carboxylic acids is 3. The molecule has 0 unspecified atom stereocenters. The van der Waals surface area contributed by atoms with Gasteiger partial charge < -0.3 is 19.6 Å². The van der Waals surface area contributed by atoms with E-state index in [2.05, 4.69) is 0 Å². The second kappa shape index (κ2) is 7.58. The molecule has 2 fully saturated rings. The van der Waals surface area contributed by atoms with Crippen molar-refractivity contribution in [2.75, 3.05) is 20.2 Å². The number of phenolic OH excluding ortho intramolecular Hbond substituents is 1. The number of carbonyl (C=O) groups is 3. The molecule has 0 saturated carbocycles. The summed E-state index contributed by atoms with van der Waals surface area (Å²) in [5, 5.41) is 9.65. The van der Waals surface area contributed by atoms with Crippen LogP contribution in [0.5, 0.6) is 5.75 Å². The standard InChI is InChI=1S/C22H22N2O5/c1-29-22(28)18-11-16-12-23(21(27)15-8-5-9-17(25)10-15)13-19(26)24(16)20(18)14-6-3-2-4-7-14/h2-10,16,18,20,25H,11-13H2,1H3/t16-,18-,20-/m0/s1. The van der Waals surface area contributed by atoms with Crippen LogP contribution in [0.1, 0.15) is 28.4 Å². The Morgan fingerprint density at radius 2 is 1.86 bits per heavy atom. The van der Waals surface area contributed by atoms with E-state index in [1.807, 2.05) is 30.3 Å². The van der Waals surface area contributed by atoms with E-state index in [1.165, 1.54) is 24.1 Å². The minimum Gasteiger partial charge on any atom is -0.508 e. The zero-order chi connectivity index (χ0) is 20.5. The average Bonchev–Trinajstić information content (AvgIpc) is 3.13. The summed E-state index contributed by atoms with van der Waals surface area (Å²) in [6, 6.07) is 14.8. The van der Waals surface area contributed by atoms with Gasteiger partial charge in [-0.15, -0.1) is 0 Å². The van der Waals surface area contributed by atoms with E-state index in [0.717, 1.165) is 5.56 Å². The highest BCUT2D eigenvalue weighted by atomic mass is 16.5. The predicted molar refractivity (Wildman–Crippen MR) is 104 cm³/mol. The minimum absolute atomic E-state index is 0.00317. The van der Waals surface area contributed by atoms with Gasteiger partial charge in [0.05, 0.1) is 25.1 Å². The van der Waals surface area contributed by atoms with Crippen LogP contribution in [0.25, 0.3) is 0 Å². The number of phenols is 1. The van der Waals surface area contributed by atoms with Gasteiger partial charge in [0.1, 0.15) is 12.3 Å². The zero-order valence-electron chi connectivity index (χ0n) is 16.0. The Hall–Kier alpha value is -3.35. The van der Waals surface area contributed by atoms with Gasteiger partial charge in [-0.2, -0.15) is 0 Å². The van der Waals surface area contributed by atoms with Crippen LogP contribution in [-0.4, -0.2) is 58.9 Å².